The first-order chi connectivity index (χ1) is 16.1. The fourth-order valence-corrected chi connectivity index (χ4v) is 4.78. The fourth-order valence-electron chi connectivity index (χ4n) is 3.77. The Morgan fingerprint density at radius 1 is 1.21 bits per heavy atom. The fraction of sp³-hybridized carbons (Fsp3) is 0.375. The van der Waals surface area contributed by atoms with E-state index in [0.29, 0.717) is 31.4 Å². The minimum absolute atomic E-state index is 0.00971. The molecule has 1 saturated heterocycles. The van der Waals surface area contributed by atoms with Crippen molar-refractivity contribution in [3.05, 3.63) is 36.5 Å². The Balaban J connectivity index is 1.43. The average molecular weight is 481 g/mol. The SMILES string of the molecule is CC(C)CC(=O)Nc1ccc2sc(-c3ccnc(NCCN4C(=O)NC(=O)C4(C)C)n3)cc2c1. The van der Waals surface area contributed by atoms with Crippen LogP contribution >= 0.6 is 11.3 Å². The summed E-state index contributed by atoms with van der Waals surface area (Å²) >= 11 is 1.61. The molecule has 3 N–H and O–H groups in total. The van der Waals surface area contributed by atoms with Gasteiger partial charge in [-0.3, -0.25) is 14.9 Å². The molecule has 1 aliphatic rings. The Morgan fingerprint density at radius 2 is 2.00 bits per heavy atom. The topological polar surface area (TPSA) is 116 Å². The van der Waals surface area contributed by atoms with Crippen molar-refractivity contribution in [3.8, 4) is 10.6 Å². The van der Waals surface area contributed by atoms with Crippen LogP contribution in [-0.4, -0.2) is 51.3 Å². The number of rotatable bonds is 8. The van der Waals surface area contributed by atoms with Crippen LogP contribution in [-0.2, 0) is 9.59 Å². The van der Waals surface area contributed by atoms with Gasteiger partial charge in [0.25, 0.3) is 5.91 Å². The summed E-state index contributed by atoms with van der Waals surface area (Å²) in [7, 11) is 0. The quantitative estimate of drug-likeness (QED) is 0.418. The van der Waals surface area contributed by atoms with Crippen molar-refractivity contribution in [3.63, 3.8) is 0 Å². The third kappa shape index (κ3) is 5.01. The Hall–Kier alpha value is -3.53. The number of aromatic nitrogens is 2. The molecule has 0 bridgehead atoms. The van der Waals surface area contributed by atoms with Gasteiger partial charge < -0.3 is 15.5 Å². The molecule has 1 aromatic carbocycles. The normalized spacial score (nSPS) is 15.1. The zero-order valence-corrected chi connectivity index (χ0v) is 20.5. The lowest BCUT2D eigenvalue weighted by molar-refractivity contribution is -0.125. The van der Waals surface area contributed by atoms with Crippen molar-refractivity contribution in [2.75, 3.05) is 23.7 Å². The van der Waals surface area contributed by atoms with Crippen LogP contribution in [0.5, 0.6) is 0 Å². The predicted octanol–water partition coefficient (Wildman–Crippen LogP) is 4.09. The van der Waals surface area contributed by atoms with Crippen LogP contribution in [0.1, 0.15) is 34.1 Å². The standard InChI is InChI=1S/C24H28N6O3S/c1-14(2)11-20(31)27-16-5-6-18-15(12-16)13-19(34-18)17-7-8-25-22(28-17)26-9-10-30-23(33)29-21(32)24(30,3)4/h5-8,12-14H,9-11H2,1-4H3,(H,27,31)(H,25,26,28)(H,29,32,33). The van der Waals surface area contributed by atoms with Crippen LogP contribution in [0.25, 0.3) is 20.7 Å². The van der Waals surface area contributed by atoms with Crippen LogP contribution in [0.4, 0.5) is 16.4 Å². The molecule has 3 heterocycles. The van der Waals surface area contributed by atoms with Gasteiger partial charge >= 0.3 is 6.03 Å². The Morgan fingerprint density at radius 3 is 2.71 bits per heavy atom. The lowest BCUT2D eigenvalue weighted by atomic mass is 10.0. The van der Waals surface area contributed by atoms with E-state index in [-0.39, 0.29) is 11.8 Å². The van der Waals surface area contributed by atoms with Gasteiger partial charge in [-0.1, -0.05) is 13.8 Å². The van der Waals surface area contributed by atoms with E-state index in [4.69, 9.17) is 0 Å². The molecule has 178 valence electrons. The maximum absolute atomic E-state index is 12.1. The molecule has 34 heavy (non-hydrogen) atoms. The smallest absolute Gasteiger partial charge is 0.325 e. The van der Waals surface area contributed by atoms with Crippen LogP contribution in [0, 0.1) is 5.92 Å². The summed E-state index contributed by atoms with van der Waals surface area (Å²) < 4.78 is 1.09. The number of fused-ring (bicyclic) bond motifs is 1. The van der Waals surface area contributed by atoms with E-state index in [1.807, 2.05) is 44.2 Å². The number of nitrogens with zero attached hydrogens (tertiary/aromatic N) is 3. The highest BCUT2D eigenvalue weighted by molar-refractivity contribution is 7.22. The van der Waals surface area contributed by atoms with E-state index < -0.39 is 11.6 Å². The molecule has 1 aliphatic heterocycles. The van der Waals surface area contributed by atoms with E-state index in [1.165, 1.54) is 4.90 Å². The molecule has 1 fully saturated rings. The predicted molar refractivity (Wildman–Crippen MR) is 134 cm³/mol. The van der Waals surface area contributed by atoms with Crippen molar-refractivity contribution < 1.29 is 14.4 Å². The lowest BCUT2D eigenvalue weighted by Crippen LogP contribution is -2.46. The first kappa shape index (κ1) is 23.6. The van der Waals surface area contributed by atoms with Crippen LogP contribution in [0.2, 0.25) is 0 Å². The van der Waals surface area contributed by atoms with Crippen molar-refractivity contribution in [1.82, 2.24) is 20.2 Å². The molecule has 2 aromatic heterocycles. The molecule has 10 heteroatoms. The third-order valence-corrected chi connectivity index (χ3v) is 6.75. The number of thiophene rings is 1. The second-order valence-corrected chi connectivity index (χ2v) is 10.3. The van der Waals surface area contributed by atoms with Gasteiger partial charge in [-0.2, -0.15) is 0 Å². The maximum Gasteiger partial charge on any atom is 0.325 e. The molecule has 0 aliphatic carbocycles. The highest BCUT2D eigenvalue weighted by Crippen LogP contribution is 2.34. The molecule has 4 amide bonds. The summed E-state index contributed by atoms with van der Waals surface area (Å²) in [6.45, 7) is 8.21. The van der Waals surface area contributed by atoms with E-state index in [1.54, 1.807) is 31.4 Å². The van der Waals surface area contributed by atoms with Crippen molar-refractivity contribution in [1.29, 1.82) is 0 Å². The average Bonchev–Trinajstić information content (AvgIpc) is 3.27. The molecule has 3 aromatic rings. The van der Waals surface area contributed by atoms with Gasteiger partial charge in [-0.15, -0.1) is 11.3 Å². The van der Waals surface area contributed by atoms with Gasteiger partial charge in [0.2, 0.25) is 11.9 Å². The van der Waals surface area contributed by atoms with Gasteiger partial charge in [-0.25, -0.2) is 14.8 Å². The maximum atomic E-state index is 12.1. The first-order valence-corrected chi connectivity index (χ1v) is 12.0. The Labute approximate surface area is 202 Å². The Bertz CT molecular complexity index is 1250. The summed E-state index contributed by atoms with van der Waals surface area (Å²) in [6, 6.07) is 9.38. The number of amides is 4. The minimum Gasteiger partial charge on any atom is -0.352 e. The second kappa shape index (κ2) is 9.38. The number of hydrogen-bond donors (Lipinski definition) is 3. The number of carbonyl (C=O) groups is 3. The summed E-state index contributed by atoms with van der Waals surface area (Å²) in [5, 5.41) is 9.46. The molecular weight excluding hydrogens is 452 g/mol. The minimum atomic E-state index is -0.883. The van der Waals surface area contributed by atoms with E-state index in [9.17, 15) is 14.4 Å². The molecule has 0 radical (unpaired) electrons. The number of urea groups is 1. The second-order valence-electron chi connectivity index (χ2n) is 9.17. The van der Waals surface area contributed by atoms with E-state index >= 15 is 0 Å². The number of anilines is 2. The summed E-state index contributed by atoms with van der Waals surface area (Å²) in [4.78, 5) is 47.4. The highest BCUT2D eigenvalue weighted by atomic mass is 32.1. The molecule has 0 saturated carbocycles. The number of benzene rings is 1. The molecule has 0 unspecified atom stereocenters. The number of hydrogen-bond acceptors (Lipinski definition) is 7. The lowest BCUT2D eigenvalue weighted by Gasteiger charge is -2.27. The van der Waals surface area contributed by atoms with Crippen LogP contribution in [0.3, 0.4) is 0 Å². The van der Waals surface area contributed by atoms with Crippen LogP contribution < -0.4 is 16.0 Å². The first-order valence-electron chi connectivity index (χ1n) is 11.2. The number of nitrogens with one attached hydrogen (secondary N) is 3. The van der Waals surface area contributed by atoms with Crippen molar-refractivity contribution in [2.24, 2.45) is 5.92 Å². The van der Waals surface area contributed by atoms with Crippen molar-refractivity contribution in [2.45, 2.75) is 39.7 Å². The Kier molecular flexibility index (Phi) is 6.52. The van der Waals surface area contributed by atoms with Gasteiger partial charge in [0.1, 0.15) is 5.54 Å². The molecular formula is C24H28N6O3S. The van der Waals surface area contributed by atoms with Crippen molar-refractivity contribution >= 4 is 50.9 Å². The molecule has 0 spiro atoms. The number of imide groups is 1. The van der Waals surface area contributed by atoms with Crippen LogP contribution in [0.15, 0.2) is 36.5 Å². The highest BCUT2D eigenvalue weighted by Gasteiger charge is 2.45. The zero-order valence-electron chi connectivity index (χ0n) is 19.6. The summed E-state index contributed by atoms with van der Waals surface area (Å²) in [6.07, 6.45) is 2.17. The number of carbonyl (C=O) groups excluding carboxylic acids is 3. The zero-order chi connectivity index (χ0) is 24.5. The van der Waals surface area contributed by atoms with Gasteiger partial charge in [0, 0.05) is 36.1 Å². The summed E-state index contributed by atoms with van der Waals surface area (Å²) in [5.74, 6) is 0.456. The molecule has 9 nitrogen and oxygen atoms in total. The monoisotopic (exact) mass is 480 g/mol. The van der Waals surface area contributed by atoms with Gasteiger partial charge in [0.15, 0.2) is 0 Å². The third-order valence-electron chi connectivity index (χ3n) is 5.62. The summed E-state index contributed by atoms with van der Waals surface area (Å²) in [5.41, 5.74) is 0.671. The van der Waals surface area contributed by atoms with E-state index in [2.05, 4.69) is 25.9 Å². The van der Waals surface area contributed by atoms with E-state index in [0.717, 1.165) is 26.3 Å². The molecule has 4 rings (SSSR count). The van der Waals surface area contributed by atoms with Gasteiger partial charge in [0.05, 0.1) is 10.6 Å². The largest absolute Gasteiger partial charge is 0.352 e. The molecule has 0 atom stereocenters. The van der Waals surface area contributed by atoms with Gasteiger partial charge in [-0.05, 0) is 55.5 Å².